The molecule has 0 spiro atoms. The summed E-state index contributed by atoms with van der Waals surface area (Å²) in [6.07, 6.45) is 0.329. The highest BCUT2D eigenvalue weighted by molar-refractivity contribution is 6.35. The molecule has 1 unspecified atom stereocenters. The second-order valence-corrected chi connectivity index (χ2v) is 7.65. The third kappa shape index (κ3) is 6.75. The molecule has 29 heavy (non-hydrogen) atoms. The Hall–Kier alpha value is -2.05. The molecule has 0 aliphatic rings. The summed E-state index contributed by atoms with van der Waals surface area (Å²) in [7, 11) is 0. The van der Waals surface area contributed by atoms with Crippen molar-refractivity contribution in [3.05, 3.63) is 90.6 Å². The van der Waals surface area contributed by atoms with Crippen molar-refractivity contribution >= 4 is 58.0 Å². The Morgan fingerprint density at radius 3 is 1.97 bits per heavy atom. The van der Waals surface area contributed by atoms with E-state index in [2.05, 4.69) is 16.3 Å². The van der Waals surface area contributed by atoms with Crippen molar-refractivity contribution in [1.29, 1.82) is 10.5 Å². The van der Waals surface area contributed by atoms with Crippen molar-refractivity contribution in [2.45, 2.75) is 12.3 Å². The van der Waals surface area contributed by atoms with Crippen molar-refractivity contribution in [3.63, 3.8) is 0 Å². The van der Waals surface area contributed by atoms with Crippen molar-refractivity contribution in [1.82, 2.24) is 10.2 Å². The highest BCUT2D eigenvalue weighted by Crippen LogP contribution is 2.30. The Bertz CT molecular complexity index is 1070. The average molecular weight is 485 g/mol. The van der Waals surface area contributed by atoms with Gasteiger partial charge in [-0.05, 0) is 47.5 Å². The molecule has 0 radical (unpaired) electrons. The van der Waals surface area contributed by atoms with Crippen LogP contribution in [-0.4, -0.2) is 10.2 Å². The molecule has 0 fully saturated rings. The number of nitriles is 2. The fourth-order valence-electron chi connectivity index (χ4n) is 2.26. The van der Waals surface area contributed by atoms with E-state index < -0.39 is 5.92 Å². The van der Waals surface area contributed by atoms with Crippen LogP contribution in [0.1, 0.15) is 22.7 Å². The van der Waals surface area contributed by atoms with Crippen LogP contribution in [-0.2, 0) is 6.42 Å². The first-order chi connectivity index (χ1) is 13.8. The van der Waals surface area contributed by atoms with Gasteiger partial charge in [-0.1, -0.05) is 70.1 Å². The van der Waals surface area contributed by atoms with Crippen molar-refractivity contribution in [2.24, 2.45) is 0 Å². The molecular formula is C20H11Cl5N4. The predicted octanol–water partition coefficient (Wildman–Crippen LogP) is 7.15. The van der Waals surface area contributed by atoms with Gasteiger partial charge in [0.05, 0.1) is 24.3 Å². The lowest BCUT2D eigenvalue weighted by atomic mass is 9.97. The van der Waals surface area contributed by atoms with Crippen molar-refractivity contribution in [2.75, 3.05) is 0 Å². The number of nitrogens with zero attached hydrogens (tertiary/aromatic N) is 4. The molecule has 0 saturated carbocycles. The minimum absolute atomic E-state index is 0.276. The first-order valence-corrected chi connectivity index (χ1v) is 9.89. The summed E-state index contributed by atoms with van der Waals surface area (Å²) in [6, 6.07) is 17.5. The molecule has 0 saturated heterocycles. The molecule has 3 aromatic rings. The molecule has 0 aliphatic heterocycles. The lowest BCUT2D eigenvalue weighted by Crippen LogP contribution is -2.03. The van der Waals surface area contributed by atoms with Gasteiger partial charge in [-0.2, -0.15) is 15.6 Å². The zero-order valence-electron chi connectivity index (χ0n) is 14.6. The van der Waals surface area contributed by atoms with E-state index in [1.807, 2.05) is 6.07 Å². The summed E-state index contributed by atoms with van der Waals surface area (Å²) in [4.78, 5) is 0. The zero-order valence-corrected chi connectivity index (χ0v) is 18.4. The van der Waals surface area contributed by atoms with Crippen LogP contribution in [0.5, 0.6) is 0 Å². The van der Waals surface area contributed by atoms with E-state index in [9.17, 15) is 5.26 Å². The quantitative estimate of drug-likeness (QED) is 0.396. The van der Waals surface area contributed by atoms with Gasteiger partial charge in [0.1, 0.15) is 5.92 Å². The summed E-state index contributed by atoms with van der Waals surface area (Å²) in [5.74, 6) is -0.598. The second-order valence-electron chi connectivity index (χ2n) is 5.58. The second kappa shape index (κ2) is 11.2. The highest BCUT2D eigenvalue weighted by atomic mass is 35.5. The van der Waals surface area contributed by atoms with Crippen LogP contribution in [0, 0.1) is 22.7 Å². The van der Waals surface area contributed by atoms with Gasteiger partial charge in [0.25, 0.3) is 0 Å². The molecule has 1 aromatic heterocycles. The van der Waals surface area contributed by atoms with Gasteiger partial charge in [0.2, 0.25) is 0 Å². The van der Waals surface area contributed by atoms with Crippen molar-refractivity contribution in [3.8, 4) is 12.1 Å². The van der Waals surface area contributed by atoms with E-state index >= 15 is 0 Å². The maximum atomic E-state index is 9.25. The third-order valence-electron chi connectivity index (χ3n) is 3.64. The molecule has 9 heteroatoms. The van der Waals surface area contributed by atoms with E-state index in [1.54, 1.807) is 48.5 Å². The van der Waals surface area contributed by atoms with E-state index in [-0.39, 0.29) is 5.15 Å². The predicted molar refractivity (Wildman–Crippen MR) is 117 cm³/mol. The molecule has 146 valence electrons. The van der Waals surface area contributed by atoms with Crippen LogP contribution in [0.4, 0.5) is 0 Å². The Labute approximate surface area is 193 Å². The summed E-state index contributed by atoms with van der Waals surface area (Å²) < 4.78 is 0. The van der Waals surface area contributed by atoms with Gasteiger partial charge in [0, 0.05) is 20.1 Å². The number of aromatic nitrogens is 2. The van der Waals surface area contributed by atoms with Crippen LogP contribution < -0.4 is 0 Å². The normalized spacial score (nSPS) is 10.9. The molecule has 0 N–H and O–H groups in total. The summed E-state index contributed by atoms with van der Waals surface area (Å²) >= 11 is 29.0. The number of benzene rings is 2. The zero-order chi connectivity index (χ0) is 21.4. The van der Waals surface area contributed by atoms with Crippen LogP contribution in [0.2, 0.25) is 25.2 Å². The minimum atomic E-state index is -0.598. The smallest absolute Gasteiger partial charge is 0.151 e. The largest absolute Gasteiger partial charge is 0.198 e. The van der Waals surface area contributed by atoms with Crippen LogP contribution in [0.3, 0.4) is 0 Å². The molecule has 0 aliphatic carbocycles. The highest BCUT2D eigenvalue weighted by Gasteiger charge is 2.18. The van der Waals surface area contributed by atoms with Gasteiger partial charge in [-0.15, -0.1) is 5.10 Å². The van der Waals surface area contributed by atoms with Gasteiger partial charge in [-0.25, -0.2) is 0 Å². The monoisotopic (exact) mass is 482 g/mol. The summed E-state index contributed by atoms with van der Waals surface area (Å²) in [5.41, 5.74) is 1.95. The molecule has 4 nitrogen and oxygen atoms in total. The van der Waals surface area contributed by atoms with E-state index in [1.165, 1.54) is 0 Å². The maximum absolute atomic E-state index is 9.25. The molecular weight excluding hydrogens is 474 g/mol. The number of halogens is 5. The van der Waals surface area contributed by atoms with Gasteiger partial charge >= 0.3 is 0 Å². The molecule has 0 bridgehead atoms. The van der Waals surface area contributed by atoms with Crippen LogP contribution in [0.25, 0.3) is 0 Å². The fraction of sp³-hybridized carbons (Fsp3) is 0.100. The van der Waals surface area contributed by atoms with Crippen molar-refractivity contribution < 1.29 is 0 Å². The maximum Gasteiger partial charge on any atom is 0.151 e. The number of hydrogen-bond acceptors (Lipinski definition) is 4. The Balaban J connectivity index is 0.000000234. The SMILES string of the molecule is N#CC(c1ccc(Cl)nn1)c1ccc(Cl)cc1Cl.N#CCc1ccc(Cl)cc1Cl. The van der Waals surface area contributed by atoms with Gasteiger partial charge in [-0.3, -0.25) is 0 Å². The van der Waals surface area contributed by atoms with Gasteiger partial charge < -0.3 is 0 Å². The van der Waals surface area contributed by atoms with E-state index in [4.69, 9.17) is 63.3 Å². The number of rotatable bonds is 3. The molecule has 1 atom stereocenters. The molecule has 0 amide bonds. The van der Waals surface area contributed by atoms with E-state index in [0.29, 0.717) is 37.8 Å². The standard InChI is InChI=1S/C12H6Cl3N3.C8H5Cl2N/c13-7-1-2-8(10(14)5-7)9(6-16)11-3-4-12(15)18-17-11;9-7-2-1-6(3-4-11)8(10)5-7/h1-5,9H;1-2,5H,3H2. The molecule has 3 rings (SSSR count). The average Bonchev–Trinajstić information content (AvgIpc) is 2.68. The van der Waals surface area contributed by atoms with E-state index in [0.717, 1.165) is 5.56 Å². The van der Waals surface area contributed by atoms with Crippen LogP contribution >= 0.6 is 58.0 Å². The minimum Gasteiger partial charge on any atom is -0.198 e. The fourth-order valence-corrected chi connectivity index (χ4v) is 3.35. The Kier molecular flexibility index (Phi) is 8.99. The Morgan fingerprint density at radius 1 is 0.793 bits per heavy atom. The first-order valence-electron chi connectivity index (χ1n) is 8.00. The number of hydrogen-bond donors (Lipinski definition) is 0. The lowest BCUT2D eigenvalue weighted by molar-refractivity contribution is 0.885. The van der Waals surface area contributed by atoms with Crippen LogP contribution in [0.15, 0.2) is 48.5 Å². The molecule has 1 heterocycles. The molecule has 2 aromatic carbocycles. The third-order valence-corrected chi connectivity index (χ3v) is 4.99. The Morgan fingerprint density at radius 2 is 1.45 bits per heavy atom. The topological polar surface area (TPSA) is 73.4 Å². The summed E-state index contributed by atoms with van der Waals surface area (Å²) in [6.45, 7) is 0. The summed E-state index contributed by atoms with van der Waals surface area (Å²) in [5, 5.41) is 27.6. The lowest BCUT2D eigenvalue weighted by Gasteiger charge is -2.10. The van der Waals surface area contributed by atoms with Gasteiger partial charge in [0.15, 0.2) is 5.15 Å². The first kappa shape index (κ1) is 23.2.